The van der Waals surface area contributed by atoms with Crippen LogP contribution in [-0.4, -0.2) is 4.98 Å². The molecular formula is C11H16N3S+. The van der Waals surface area contributed by atoms with Crippen LogP contribution in [0.15, 0.2) is 24.5 Å². The van der Waals surface area contributed by atoms with E-state index in [-0.39, 0.29) is 0 Å². The first-order chi connectivity index (χ1) is 7.25. The Hall–Kier alpha value is -1.42. The molecule has 80 valence electrons. The third-order valence-corrected chi connectivity index (χ3v) is 2.67. The van der Waals surface area contributed by atoms with Gasteiger partial charge in [0.05, 0.1) is 4.88 Å². The molecule has 0 aliphatic heterocycles. The molecule has 0 bridgehead atoms. The standard InChI is InChI=1S/C9H9N3S.C2H6/c1-6-2-3-7(4-11-6)8-5-12-9(10)13-8;1-2/h2-5H,1H3,(H2,10,12);1-2H3/p+1. The van der Waals surface area contributed by atoms with Gasteiger partial charge in [-0.1, -0.05) is 19.9 Å². The molecule has 0 aliphatic rings. The van der Waals surface area contributed by atoms with E-state index < -0.39 is 0 Å². The maximum absolute atomic E-state index is 5.59. The second-order valence-electron chi connectivity index (χ2n) is 2.81. The fourth-order valence-corrected chi connectivity index (χ4v) is 1.78. The first-order valence-electron chi connectivity index (χ1n) is 4.96. The maximum atomic E-state index is 5.59. The highest BCUT2D eigenvalue weighted by Crippen LogP contribution is 2.24. The van der Waals surface area contributed by atoms with Crippen molar-refractivity contribution < 1.29 is 4.98 Å². The average Bonchev–Trinajstić information content (AvgIpc) is 2.69. The SMILES string of the molecule is CC.Cc1ccc(-c2c[nH+]c(N)s2)cn1. The Bertz CT molecular complexity index is 406. The molecule has 0 unspecified atom stereocenters. The lowest BCUT2D eigenvalue weighted by Gasteiger charge is -1.94. The summed E-state index contributed by atoms with van der Waals surface area (Å²) >= 11 is 1.53. The van der Waals surface area contributed by atoms with Crippen molar-refractivity contribution in [3.05, 3.63) is 30.2 Å². The Morgan fingerprint density at radius 2 is 2.07 bits per heavy atom. The molecule has 2 heterocycles. The normalized spacial score (nSPS) is 9.27. The molecule has 3 N–H and O–H groups in total. The summed E-state index contributed by atoms with van der Waals surface area (Å²) in [7, 11) is 0. The van der Waals surface area contributed by atoms with Crippen LogP contribution in [0.4, 0.5) is 5.13 Å². The minimum absolute atomic E-state index is 0.718. The van der Waals surface area contributed by atoms with E-state index in [4.69, 9.17) is 5.73 Å². The number of nitrogens with one attached hydrogen (secondary N) is 1. The van der Waals surface area contributed by atoms with Crippen LogP contribution in [0.2, 0.25) is 0 Å². The number of aryl methyl sites for hydroxylation is 1. The molecule has 2 aromatic rings. The minimum Gasteiger partial charge on any atom is -0.278 e. The van der Waals surface area contributed by atoms with Crippen molar-refractivity contribution in [1.82, 2.24) is 4.98 Å². The summed E-state index contributed by atoms with van der Waals surface area (Å²) in [6.45, 7) is 5.97. The number of anilines is 1. The molecule has 0 saturated heterocycles. The van der Waals surface area contributed by atoms with Crippen LogP contribution >= 0.6 is 11.3 Å². The van der Waals surface area contributed by atoms with Crippen molar-refractivity contribution in [2.75, 3.05) is 5.73 Å². The van der Waals surface area contributed by atoms with Gasteiger partial charge < -0.3 is 0 Å². The van der Waals surface area contributed by atoms with Crippen LogP contribution in [-0.2, 0) is 0 Å². The van der Waals surface area contributed by atoms with Gasteiger partial charge in [-0.05, 0) is 24.3 Å². The number of hydrogen-bond acceptors (Lipinski definition) is 3. The van der Waals surface area contributed by atoms with Gasteiger partial charge in [0, 0.05) is 17.5 Å². The number of nitrogens with two attached hydrogens (primary N) is 1. The maximum Gasteiger partial charge on any atom is 0.330 e. The highest BCUT2D eigenvalue weighted by atomic mass is 32.1. The predicted octanol–water partition coefficient (Wildman–Crippen LogP) is 2.54. The summed E-state index contributed by atoms with van der Waals surface area (Å²) in [5.74, 6) is 0. The number of H-pyrrole nitrogens is 1. The lowest BCUT2D eigenvalue weighted by molar-refractivity contribution is -0.353. The van der Waals surface area contributed by atoms with Crippen LogP contribution in [0.1, 0.15) is 19.5 Å². The number of nitrogen functional groups attached to an aromatic ring is 1. The van der Waals surface area contributed by atoms with Gasteiger partial charge in [0.15, 0.2) is 0 Å². The van der Waals surface area contributed by atoms with Gasteiger partial charge in [0.25, 0.3) is 0 Å². The second-order valence-corrected chi connectivity index (χ2v) is 3.89. The molecule has 0 radical (unpaired) electrons. The monoisotopic (exact) mass is 222 g/mol. The predicted molar refractivity (Wildman–Crippen MR) is 64.6 cm³/mol. The summed E-state index contributed by atoms with van der Waals surface area (Å²) < 4.78 is 0. The Kier molecular flexibility index (Phi) is 4.24. The number of hydrogen-bond donors (Lipinski definition) is 1. The van der Waals surface area contributed by atoms with E-state index in [0.717, 1.165) is 21.3 Å². The zero-order chi connectivity index (χ0) is 11.3. The van der Waals surface area contributed by atoms with Gasteiger partial charge in [-0.3, -0.25) is 10.7 Å². The Morgan fingerprint density at radius 1 is 1.33 bits per heavy atom. The largest absolute Gasteiger partial charge is 0.330 e. The van der Waals surface area contributed by atoms with Crippen LogP contribution in [0.3, 0.4) is 0 Å². The molecule has 0 amide bonds. The van der Waals surface area contributed by atoms with Crippen LogP contribution in [0.25, 0.3) is 10.4 Å². The van der Waals surface area contributed by atoms with Crippen molar-refractivity contribution in [2.45, 2.75) is 20.8 Å². The minimum atomic E-state index is 0.718. The molecule has 2 rings (SSSR count). The van der Waals surface area contributed by atoms with Gasteiger partial charge in [-0.2, -0.15) is 0 Å². The zero-order valence-electron chi connectivity index (χ0n) is 9.24. The summed E-state index contributed by atoms with van der Waals surface area (Å²) in [6.07, 6.45) is 3.75. The van der Waals surface area contributed by atoms with Crippen molar-refractivity contribution in [3.8, 4) is 10.4 Å². The zero-order valence-corrected chi connectivity index (χ0v) is 10.1. The third kappa shape index (κ3) is 3.02. The Balaban J connectivity index is 0.000000531. The van der Waals surface area contributed by atoms with E-state index in [1.165, 1.54) is 11.3 Å². The average molecular weight is 222 g/mol. The lowest BCUT2D eigenvalue weighted by Crippen LogP contribution is -2.00. The molecule has 3 nitrogen and oxygen atoms in total. The van der Waals surface area contributed by atoms with Crippen LogP contribution in [0, 0.1) is 6.92 Å². The summed E-state index contributed by atoms with van der Waals surface area (Å²) in [4.78, 5) is 8.28. The van der Waals surface area contributed by atoms with E-state index in [9.17, 15) is 0 Å². The molecule has 0 atom stereocenters. The van der Waals surface area contributed by atoms with Gasteiger partial charge in [-0.25, -0.2) is 4.98 Å². The van der Waals surface area contributed by atoms with Crippen LogP contribution in [0.5, 0.6) is 0 Å². The number of pyridine rings is 1. The molecule has 4 heteroatoms. The molecule has 0 spiro atoms. The smallest absolute Gasteiger partial charge is 0.278 e. The van der Waals surface area contributed by atoms with E-state index in [1.54, 1.807) is 0 Å². The van der Waals surface area contributed by atoms with E-state index in [2.05, 4.69) is 9.97 Å². The van der Waals surface area contributed by atoms with Gasteiger partial charge >= 0.3 is 5.13 Å². The Morgan fingerprint density at radius 3 is 2.53 bits per heavy atom. The first-order valence-corrected chi connectivity index (χ1v) is 5.77. The van der Waals surface area contributed by atoms with Crippen molar-refractivity contribution in [1.29, 1.82) is 0 Å². The van der Waals surface area contributed by atoms with E-state index in [0.29, 0.717) is 0 Å². The molecule has 0 aliphatic carbocycles. The Labute approximate surface area is 94.0 Å². The third-order valence-electron chi connectivity index (χ3n) is 1.76. The van der Waals surface area contributed by atoms with E-state index in [1.807, 2.05) is 45.3 Å². The van der Waals surface area contributed by atoms with Gasteiger partial charge in [-0.15, -0.1) is 0 Å². The molecule has 0 fully saturated rings. The number of nitrogens with zero attached hydrogens (tertiary/aromatic N) is 1. The van der Waals surface area contributed by atoms with Crippen LogP contribution < -0.4 is 10.7 Å². The summed E-state index contributed by atoms with van der Waals surface area (Å²) in [5, 5.41) is 0.718. The molecule has 0 aromatic carbocycles. The second kappa shape index (κ2) is 5.46. The quantitative estimate of drug-likeness (QED) is 0.806. The number of aromatic amines is 1. The fraction of sp³-hybridized carbons (Fsp3) is 0.273. The lowest BCUT2D eigenvalue weighted by atomic mass is 10.2. The molecular weight excluding hydrogens is 206 g/mol. The fourth-order valence-electron chi connectivity index (χ4n) is 1.07. The molecule has 15 heavy (non-hydrogen) atoms. The highest BCUT2D eigenvalue weighted by molar-refractivity contribution is 7.18. The van der Waals surface area contributed by atoms with Crippen molar-refractivity contribution in [3.63, 3.8) is 0 Å². The highest BCUT2D eigenvalue weighted by Gasteiger charge is 2.04. The number of rotatable bonds is 1. The number of thiazole rings is 1. The van der Waals surface area contributed by atoms with Gasteiger partial charge in [0.2, 0.25) is 0 Å². The van der Waals surface area contributed by atoms with Crippen molar-refractivity contribution >= 4 is 16.5 Å². The van der Waals surface area contributed by atoms with E-state index >= 15 is 0 Å². The summed E-state index contributed by atoms with van der Waals surface area (Å²) in [5.41, 5.74) is 7.71. The number of aromatic nitrogens is 2. The van der Waals surface area contributed by atoms with Gasteiger partial charge in [0.1, 0.15) is 6.20 Å². The topological polar surface area (TPSA) is 53.0 Å². The molecule has 2 aromatic heterocycles. The molecule has 0 saturated carbocycles. The summed E-state index contributed by atoms with van der Waals surface area (Å²) in [6, 6.07) is 4.03. The first kappa shape index (κ1) is 11.7. The van der Waals surface area contributed by atoms with Crippen molar-refractivity contribution in [2.24, 2.45) is 0 Å².